The highest BCUT2D eigenvalue weighted by atomic mass is 16.5. The number of nitrogens with one attached hydrogen (secondary N) is 2. The zero-order valence-electron chi connectivity index (χ0n) is 11.9. The van der Waals surface area contributed by atoms with Gasteiger partial charge < -0.3 is 15.1 Å². The number of rotatable bonds is 7. The molecule has 0 amide bonds. The maximum absolute atomic E-state index is 12.7. The number of carbonyl (C=O) groups excluding carboxylic acids is 1. The molecule has 0 fully saturated rings. The highest BCUT2D eigenvalue weighted by molar-refractivity contribution is 6.03. The van der Waals surface area contributed by atoms with Gasteiger partial charge in [0.1, 0.15) is 0 Å². The van der Waals surface area contributed by atoms with Crippen LogP contribution in [0.1, 0.15) is 30.6 Å². The lowest BCUT2D eigenvalue weighted by molar-refractivity contribution is 0.0487. The Bertz CT molecular complexity index is 618. The van der Waals surface area contributed by atoms with Gasteiger partial charge in [-0.05, 0) is 50.7 Å². The molecule has 1 unspecified atom stereocenters. The number of benzene rings is 1. The summed E-state index contributed by atoms with van der Waals surface area (Å²) >= 11 is 0. The third-order valence-corrected chi connectivity index (χ3v) is 3.54. The van der Waals surface area contributed by atoms with Gasteiger partial charge in [-0.1, -0.05) is 0 Å². The molecule has 0 saturated heterocycles. The van der Waals surface area contributed by atoms with E-state index in [9.17, 15) is 4.79 Å². The molecule has 0 aliphatic carbocycles. The fourth-order valence-electron chi connectivity index (χ4n) is 2.31. The van der Waals surface area contributed by atoms with Crippen molar-refractivity contribution in [2.45, 2.75) is 20.3 Å². The smallest absolute Gasteiger partial charge is 0.171 e. The largest absolute Gasteiger partial charge is 0.381 e. The first-order valence-electron chi connectivity index (χ1n) is 6.79. The summed E-state index contributed by atoms with van der Waals surface area (Å²) in [6.45, 7) is 4.67. The molecule has 4 nitrogen and oxygen atoms in total. The van der Waals surface area contributed by atoms with E-state index >= 15 is 0 Å². The minimum Gasteiger partial charge on any atom is -0.381 e. The summed E-state index contributed by atoms with van der Waals surface area (Å²) in [4.78, 5) is 15.8. The number of carbonyl (C=O) groups is 1. The Hall–Kier alpha value is -1.94. The quantitative estimate of drug-likeness (QED) is 0.599. The summed E-state index contributed by atoms with van der Waals surface area (Å²) in [6, 6.07) is 7.58. The van der Waals surface area contributed by atoms with Crippen LogP contribution in [0.2, 0.25) is 0 Å². The zero-order chi connectivity index (χ0) is 14.6. The standard InChI is InChI=1S/C16H20N2O2/c1-3-20-11-16(2,7-8-17)15(19)13-4-5-14-12(10-13)6-9-18-14/h4-6,8-10,17-18H,3,7,11H2,1-2H3. The van der Waals surface area contributed by atoms with E-state index in [0.717, 1.165) is 10.9 Å². The second kappa shape index (κ2) is 6.01. The van der Waals surface area contributed by atoms with Crippen LogP contribution in [-0.2, 0) is 4.74 Å². The summed E-state index contributed by atoms with van der Waals surface area (Å²) in [5, 5.41) is 8.34. The van der Waals surface area contributed by atoms with Crippen molar-refractivity contribution < 1.29 is 9.53 Å². The van der Waals surface area contributed by atoms with Crippen molar-refractivity contribution in [3.05, 3.63) is 36.0 Å². The molecule has 2 N–H and O–H groups in total. The van der Waals surface area contributed by atoms with Gasteiger partial charge in [0, 0.05) is 29.3 Å². The summed E-state index contributed by atoms with van der Waals surface area (Å²) in [5.41, 5.74) is 1.00. The zero-order valence-corrected chi connectivity index (χ0v) is 11.9. The van der Waals surface area contributed by atoms with E-state index in [1.807, 2.05) is 44.3 Å². The maximum atomic E-state index is 12.7. The molecule has 106 valence electrons. The third kappa shape index (κ3) is 2.80. The maximum Gasteiger partial charge on any atom is 0.171 e. The van der Waals surface area contributed by atoms with Crippen LogP contribution in [-0.4, -0.2) is 30.2 Å². The molecule has 20 heavy (non-hydrogen) atoms. The van der Waals surface area contributed by atoms with Crippen LogP contribution in [0.15, 0.2) is 30.5 Å². The Balaban J connectivity index is 2.32. The van der Waals surface area contributed by atoms with Gasteiger partial charge in [0.2, 0.25) is 0 Å². The molecule has 0 radical (unpaired) electrons. The summed E-state index contributed by atoms with van der Waals surface area (Å²) in [7, 11) is 0. The van der Waals surface area contributed by atoms with Crippen LogP contribution in [0.4, 0.5) is 0 Å². The molecular weight excluding hydrogens is 252 g/mol. The molecule has 0 saturated carbocycles. The predicted octanol–water partition coefficient (Wildman–Crippen LogP) is 3.43. The number of ketones is 1. The molecule has 1 aromatic heterocycles. The Morgan fingerprint density at radius 3 is 2.95 bits per heavy atom. The predicted molar refractivity (Wildman–Crippen MR) is 80.6 cm³/mol. The van der Waals surface area contributed by atoms with Crippen molar-refractivity contribution in [3.8, 4) is 0 Å². The highest BCUT2D eigenvalue weighted by Crippen LogP contribution is 2.28. The van der Waals surface area contributed by atoms with Gasteiger partial charge in [0.05, 0.1) is 12.0 Å². The van der Waals surface area contributed by atoms with E-state index < -0.39 is 5.41 Å². The lowest BCUT2D eigenvalue weighted by atomic mass is 9.80. The molecule has 2 rings (SSSR count). The van der Waals surface area contributed by atoms with Crippen LogP contribution >= 0.6 is 0 Å². The monoisotopic (exact) mass is 272 g/mol. The van der Waals surface area contributed by atoms with Crippen molar-refractivity contribution in [1.82, 2.24) is 4.98 Å². The molecule has 0 aliphatic rings. The van der Waals surface area contributed by atoms with E-state index in [1.165, 1.54) is 6.21 Å². The molecule has 0 bridgehead atoms. The van der Waals surface area contributed by atoms with Crippen LogP contribution in [0.3, 0.4) is 0 Å². The summed E-state index contributed by atoms with van der Waals surface area (Å²) in [5.74, 6) is 0.0255. The lowest BCUT2D eigenvalue weighted by Crippen LogP contribution is -2.33. The second-order valence-electron chi connectivity index (χ2n) is 5.21. The topological polar surface area (TPSA) is 65.9 Å². The van der Waals surface area contributed by atoms with Gasteiger partial charge in [-0.3, -0.25) is 4.79 Å². The fourth-order valence-corrected chi connectivity index (χ4v) is 2.31. The first-order chi connectivity index (χ1) is 9.60. The van der Waals surface area contributed by atoms with Gasteiger partial charge in [-0.2, -0.15) is 0 Å². The average Bonchev–Trinajstić information content (AvgIpc) is 2.92. The fraction of sp³-hybridized carbons (Fsp3) is 0.375. The van der Waals surface area contributed by atoms with Crippen molar-refractivity contribution in [2.24, 2.45) is 5.41 Å². The van der Waals surface area contributed by atoms with Crippen LogP contribution in [0.5, 0.6) is 0 Å². The van der Waals surface area contributed by atoms with Gasteiger partial charge in [-0.15, -0.1) is 0 Å². The molecule has 1 heterocycles. The first-order valence-corrected chi connectivity index (χ1v) is 6.79. The highest BCUT2D eigenvalue weighted by Gasteiger charge is 2.33. The molecule has 0 spiro atoms. The first kappa shape index (κ1) is 14.5. The Morgan fingerprint density at radius 1 is 1.45 bits per heavy atom. The minimum atomic E-state index is -0.679. The average molecular weight is 272 g/mol. The van der Waals surface area contributed by atoms with E-state index in [0.29, 0.717) is 25.2 Å². The van der Waals surface area contributed by atoms with Gasteiger partial charge in [0.25, 0.3) is 0 Å². The van der Waals surface area contributed by atoms with E-state index in [-0.39, 0.29) is 5.78 Å². The molecule has 0 aliphatic heterocycles. The Morgan fingerprint density at radius 2 is 2.25 bits per heavy atom. The Labute approximate surface area is 118 Å². The summed E-state index contributed by atoms with van der Waals surface area (Å²) < 4.78 is 5.44. The Kier molecular flexibility index (Phi) is 4.35. The van der Waals surface area contributed by atoms with Crippen LogP contribution in [0.25, 0.3) is 10.9 Å². The van der Waals surface area contributed by atoms with Crippen molar-refractivity contribution in [1.29, 1.82) is 5.41 Å². The number of hydrogen-bond donors (Lipinski definition) is 2. The number of fused-ring (bicyclic) bond motifs is 1. The number of hydrogen-bond acceptors (Lipinski definition) is 3. The summed E-state index contributed by atoms with van der Waals surface area (Å²) in [6.07, 6.45) is 3.53. The van der Waals surface area contributed by atoms with E-state index in [1.54, 1.807) is 0 Å². The number of aromatic amines is 1. The van der Waals surface area contributed by atoms with Gasteiger partial charge >= 0.3 is 0 Å². The number of ether oxygens (including phenoxy) is 1. The molecule has 4 heteroatoms. The second-order valence-corrected chi connectivity index (χ2v) is 5.21. The van der Waals surface area contributed by atoms with E-state index in [2.05, 4.69) is 4.98 Å². The van der Waals surface area contributed by atoms with Gasteiger partial charge in [-0.25, -0.2) is 0 Å². The minimum absolute atomic E-state index is 0.0255. The van der Waals surface area contributed by atoms with Crippen molar-refractivity contribution in [3.63, 3.8) is 0 Å². The normalized spacial score (nSPS) is 14.1. The lowest BCUT2D eigenvalue weighted by Gasteiger charge is -2.26. The molecular formula is C16H20N2O2. The SMILES string of the molecule is CCOCC(C)(CC=N)C(=O)c1ccc2[nH]ccc2c1. The molecule has 1 aromatic carbocycles. The van der Waals surface area contributed by atoms with Crippen LogP contribution in [0, 0.1) is 10.8 Å². The van der Waals surface area contributed by atoms with E-state index in [4.69, 9.17) is 10.1 Å². The van der Waals surface area contributed by atoms with Gasteiger partial charge in [0.15, 0.2) is 5.78 Å². The van der Waals surface area contributed by atoms with Crippen molar-refractivity contribution in [2.75, 3.05) is 13.2 Å². The number of aromatic nitrogens is 1. The molecule has 1 atom stereocenters. The number of Topliss-reactive ketones (excluding diaryl/α,β-unsaturated/α-hetero) is 1. The molecule has 2 aromatic rings. The van der Waals surface area contributed by atoms with Crippen LogP contribution < -0.4 is 0 Å². The number of H-pyrrole nitrogens is 1. The third-order valence-electron chi connectivity index (χ3n) is 3.54. The van der Waals surface area contributed by atoms with Crippen molar-refractivity contribution >= 4 is 22.9 Å².